The summed E-state index contributed by atoms with van der Waals surface area (Å²) in [5.41, 5.74) is -0.197. The van der Waals surface area contributed by atoms with E-state index in [0.717, 1.165) is 0 Å². The predicted octanol–water partition coefficient (Wildman–Crippen LogP) is 1.90. The second kappa shape index (κ2) is 6.98. The number of nitrogens with zero attached hydrogens (tertiary/aromatic N) is 1. The SMILES string of the molecule is CCOC(=O)C(C)CS(=O)c1ccccc1[N+](=O)[O-]. The molecule has 0 aliphatic heterocycles. The van der Waals surface area contributed by atoms with Crippen LogP contribution in [0.4, 0.5) is 5.69 Å². The molecule has 0 aromatic heterocycles. The number of carbonyl (C=O) groups is 1. The molecule has 0 N–H and O–H groups in total. The number of hydrogen-bond donors (Lipinski definition) is 0. The molecule has 0 aliphatic carbocycles. The van der Waals surface area contributed by atoms with E-state index >= 15 is 0 Å². The number of para-hydroxylation sites is 1. The van der Waals surface area contributed by atoms with Crippen molar-refractivity contribution in [3.05, 3.63) is 34.4 Å². The highest BCUT2D eigenvalue weighted by Crippen LogP contribution is 2.22. The first-order valence-corrected chi connectivity index (χ1v) is 7.07. The molecule has 7 heteroatoms. The minimum Gasteiger partial charge on any atom is -0.466 e. The standard InChI is InChI=1S/C12H15NO5S/c1-3-18-12(14)9(2)8-19(17)11-7-5-4-6-10(11)13(15)16/h4-7,9H,3,8H2,1-2H3. The molecule has 19 heavy (non-hydrogen) atoms. The van der Waals surface area contributed by atoms with Crippen LogP contribution in [0.1, 0.15) is 13.8 Å². The molecular formula is C12H15NO5S. The number of hydrogen-bond acceptors (Lipinski definition) is 5. The Labute approximate surface area is 113 Å². The van der Waals surface area contributed by atoms with E-state index in [4.69, 9.17) is 4.74 Å². The average Bonchev–Trinajstić information content (AvgIpc) is 2.38. The number of ether oxygens (including phenoxy) is 1. The number of benzene rings is 1. The van der Waals surface area contributed by atoms with Crippen LogP contribution in [0.25, 0.3) is 0 Å². The normalized spacial score (nSPS) is 13.6. The molecule has 1 aromatic carbocycles. The van der Waals surface area contributed by atoms with Crippen molar-refractivity contribution < 1.29 is 18.7 Å². The summed E-state index contributed by atoms with van der Waals surface area (Å²) in [5.74, 6) is -1.01. The molecule has 0 saturated heterocycles. The van der Waals surface area contributed by atoms with Gasteiger partial charge in [0, 0.05) is 11.8 Å². The summed E-state index contributed by atoms with van der Waals surface area (Å²) in [5, 5.41) is 10.8. The van der Waals surface area contributed by atoms with Gasteiger partial charge >= 0.3 is 5.97 Å². The Morgan fingerprint density at radius 3 is 2.68 bits per heavy atom. The van der Waals surface area contributed by atoms with Gasteiger partial charge in [0.25, 0.3) is 5.69 Å². The second-order valence-corrected chi connectivity index (χ2v) is 5.35. The van der Waals surface area contributed by atoms with Gasteiger partial charge in [0.05, 0.1) is 28.2 Å². The molecule has 0 fully saturated rings. The fourth-order valence-electron chi connectivity index (χ4n) is 1.47. The van der Waals surface area contributed by atoms with Crippen molar-refractivity contribution in [2.45, 2.75) is 18.7 Å². The number of nitro groups is 1. The van der Waals surface area contributed by atoms with Crippen molar-refractivity contribution in [1.82, 2.24) is 0 Å². The lowest BCUT2D eigenvalue weighted by Gasteiger charge is -2.10. The van der Waals surface area contributed by atoms with Crippen molar-refractivity contribution in [3.8, 4) is 0 Å². The van der Waals surface area contributed by atoms with Gasteiger partial charge in [0.1, 0.15) is 4.90 Å². The third kappa shape index (κ3) is 4.13. The molecule has 2 unspecified atom stereocenters. The zero-order valence-electron chi connectivity index (χ0n) is 10.7. The van der Waals surface area contributed by atoms with Crippen LogP contribution in [0.3, 0.4) is 0 Å². The largest absolute Gasteiger partial charge is 0.466 e. The van der Waals surface area contributed by atoms with E-state index in [1.807, 2.05) is 0 Å². The summed E-state index contributed by atoms with van der Waals surface area (Å²) in [6.45, 7) is 3.52. The van der Waals surface area contributed by atoms with Crippen molar-refractivity contribution in [3.63, 3.8) is 0 Å². The van der Waals surface area contributed by atoms with E-state index in [9.17, 15) is 19.1 Å². The number of esters is 1. The van der Waals surface area contributed by atoms with E-state index in [2.05, 4.69) is 0 Å². The minimum atomic E-state index is -1.61. The van der Waals surface area contributed by atoms with Crippen molar-refractivity contribution in [2.24, 2.45) is 5.92 Å². The van der Waals surface area contributed by atoms with Gasteiger partial charge in [-0.3, -0.25) is 19.1 Å². The molecule has 0 radical (unpaired) electrons. The molecule has 0 heterocycles. The molecule has 104 valence electrons. The number of rotatable bonds is 6. The molecular weight excluding hydrogens is 270 g/mol. The minimum absolute atomic E-state index is 0.00366. The van der Waals surface area contributed by atoms with Gasteiger partial charge in [0.2, 0.25) is 0 Å². The molecule has 0 spiro atoms. The molecule has 0 bridgehead atoms. The van der Waals surface area contributed by atoms with E-state index in [-0.39, 0.29) is 22.9 Å². The topological polar surface area (TPSA) is 86.5 Å². The number of nitro benzene ring substituents is 1. The van der Waals surface area contributed by atoms with Crippen molar-refractivity contribution >= 4 is 22.5 Å². The van der Waals surface area contributed by atoms with Crippen LogP contribution in [0.5, 0.6) is 0 Å². The van der Waals surface area contributed by atoms with Crippen molar-refractivity contribution in [1.29, 1.82) is 0 Å². The van der Waals surface area contributed by atoms with Gasteiger partial charge in [-0.2, -0.15) is 0 Å². The van der Waals surface area contributed by atoms with E-state index < -0.39 is 27.6 Å². The molecule has 0 saturated carbocycles. The van der Waals surface area contributed by atoms with Crippen LogP contribution < -0.4 is 0 Å². The van der Waals surface area contributed by atoms with Gasteiger partial charge in [-0.05, 0) is 13.0 Å². The van der Waals surface area contributed by atoms with Crippen molar-refractivity contribution in [2.75, 3.05) is 12.4 Å². The second-order valence-electron chi connectivity index (χ2n) is 3.89. The van der Waals surface area contributed by atoms with Gasteiger partial charge in [-0.15, -0.1) is 0 Å². The van der Waals surface area contributed by atoms with E-state index in [0.29, 0.717) is 0 Å². The first-order chi connectivity index (χ1) is 8.97. The quantitative estimate of drug-likeness (QED) is 0.452. The summed E-state index contributed by atoms with van der Waals surface area (Å²) in [6.07, 6.45) is 0. The zero-order valence-corrected chi connectivity index (χ0v) is 11.5. The van der Waals surface area contributed by atoms with Gasteiger partial charge in [0.15, 0.2) is 0 Å². The lowest BCUT2D eigenvalue weighted by molar-refractivity contribution is -0.387. The van der Waals surface area contributed by atoms with E-state index in [1.165, 1.54) is 18.2 Å². The molecule has 0 amide bonds. The Kier molecular flexibility index (Phi) is 5.62. The maximum Gasteiger partial charge on any atom is 0.309 e. The van der Waals surface area contributed by atoms with Gasteiger partial charge < -0.3 is 4.74 Å². The van der Waals surface area contributed by atoms with Crippen LogP contribution in [-0.2, 0) is 20.3 Å². The monoisotopic (exact) mass is 285 g/mol. The number of carbonyl (C=O) groups excluding carboxylic acids is 1. The zero-order chi connectivity index (χ0) is 14.4. The average molecular weight is 285 g/mol. The fraction of sp³-hybridized carbons (Fsp3) is 0.417. The Bertz CT molecular complexity index is 503. The fourth-order valence-corrected chi connectivity index (χ4v) is 2.85. The van der Waals surface area contributed by atoms with Crippen LogP contribution in [-0.4, -0.2) is 27.5 Å². The van der Waals surface area contributed by atoms with Crippen LogP contribution >= 0.6 is 0 Å². The van der Waals surface area contributed by atoms with Crippen LogP contribution in [0, 0.1) is 16.0 Å². The Morgan fingerprint density at radius 2 is 2.11 bits per heavy atom. The highest BCUT2D eigenvalue weighted by molar-refractivity contribution is 7.85. The Hall–Kier alpha value is -1.76. The maximum absolute atomic E-state index is 12.1. The molecule has 2 atom stereocenters. The molecule has 1 rings (SSSR count). The Balaban J connectivity index is 2.84. The maximum atomic E-state index is 12.1. The smallest absolute Gasteiger partial charge is 0.309 e. The molecule has 1 aromatic rings. The third-order valence-electron chi connectivity index (χ3n) is 2.40. The van der Waals surface area contributed by atoms with Crippen LogP contribution in [0.15, 0.2) is 29.2 Å². The summed E-state index contributed by atoms with van der Waals surface area (Å²) in [4.78, 5) is 21.8. The third-order valence-corrected chi connectivity index (χ3v) is 4.04. The first kappa shape index (κ1) is 15.3. The summed E-state index contributed by atoms with van der Waals surface area (Å²) < 4.78 is 16.9. The van der Waals surface area contributed by atoms with Gasteiger partial charge in [-0.25, -0.2) is 0 Å². The molecule has 0 aliphatic rings. The summed E-state index contributed by atoms with van der Waals surface area (Å²) >= 11 is 0. The highest BCUT2D eigenvalue weighted by atomic mass is 32.2. The molecule has 6 nitrogen and oxygen atoms in total. The highest BCUT2D eigenvalue weighted by Gasteiger charge is 2.23. The first-order valence-electron chi connectivity index (χ1n) is 5.75. The Morgan fingerprint density at radius 1 is 1.47 bits per heavy atom. The predicted molar refractivity (Wildman–Crippen MR) is 70.2 cm³/mol. The lowest BCUT2D eigenvalue weighted by Crippen LogP contribution is -2.21. The van der Waals surface area contributed by atoms with E-state index in [1.54, 1.807) is 19.9 Å². The summed E-state index contributed by atoms with van der Waals surface area (Å²) in [6, 6.07) is 5.82. The van der Waals surface area contributed by atoms with Gasteiger partial charge in [-0.1, -0.05) is 19.1 Å². The summed E-state index contributed by atoms with van der Waals surface area (Å²) in [7, 11) is -1.61. The van der Waals surface area contributed by atoms with Crippen LogP contribution in [0.2, 0.25) is 0 Å². The lowest BCUT2D eigenvalue weighted by atomic mass is 10.2.